The number of hydrogen-bond acceptors (Lipinski definition) is 2. The SMILES string of the molecule is CC(C)c1ccc2c(c1)[C@@H]1OCCC[C@@H]1[C@@H](c1ccc(Cl)cc1)N2. The maximum absolute atomic E-state index is 6.25. The van der Waals surface area contributed by atoms with Crippen LogP contribution in [0.1, 0.15) is 61.4 Å². The number of anilines is 1. The topological polar surface area (TPSA) is 21.3 Å². The number of rotatable bonds is 2. The van der Waals surface area contributed by atoms with Crippen LogP contribution in [-0.2, 0) is 4.74 Å². The number of benzene rings is 2. The number of ether oxygens (including phenoxy) is 1. The highest BCUT2D eigenvalue weighted by molar-refractivity contribution is 6.30. The van der Waals surface area contributed by atoms with Crippen molar-refractivity contribution in [1.29, 1.82) is 0 Å². The molecule has 0 aromatic heterocycles. The van der Waals surface area contributed by atoms with E-state index in [0.29, 0.717) is 11.8 Å². The maximum atomic E-state index is 6.25. The van der Waals surface area contributed by atoms with E-state index in [0.717, 1.165) is 18.1 Å². The van der Waals surface area contributed by atoms with E-state index < -0.39 is 0 Å². The third-order valence-electron chi connectivity index (χ3n) is 5.39. The van der Waals surface area contributed by atoms with Crippen LogP contribution in [0.5, 0.6) is 0 Å². The maximum Gasteiger partial charge on any atom is 0.0895 e. The van der Waals surface area contributed by atoms with Gasteiger partial charge in [0.15, 0.2) is 0 Å². The summed E-state index contributed by atoms with van der Waals surface area (Å²) in [6.07, 6.45) is 2.51. The van der Waals surface area contributed by atoms with Gasteiger partial charge in [-0.2, -0.15) is 0 Å². The molecular formula is C21H24ClNO. The Morgan fingerprint density at radius 2 is 1.92 bits per heavy atom. The molecule has 1 N–H and O–H groups in total. The molecule has 4 rings (SSSR count). The molecule has 0 radical (unpaired) electrons. The Kier molecular flexibility index (Phi) is 4.28. The number of fused-ring (bicyclic) bond motifs is 3. The van der Waals surface area contributed by atoms with Crippen molar-refractivity contribution in [2.75, 3.05) is 11.9 Å². The van der Waals surface area contributed by atoms with Gasteiger partial charge >= 0.3 is 0 Å². The standard InChI is InChI=1S/C21H24ClNO/c1-13(2)15-7-10-19-18(12-15)21-17(4-3-11-24-21)20(23-19)14-5-8-16(22)9-6-14/h5-10,12-13,17,20-21,23H,3-4,11H2,1-2H3/t17-,20-,21-/m1/s1. The molecule has 2 aliphatic rings. The van der Waals surface area contributed by atoms with Gasteiger partial charge in [-0.1, -0.05) is 49.7 Å². The smallest absolute Gasteiger partial charge is 0.0895 e. The zero-order chi connectivity index (χ0) is 16.7. The second kappa shape index (κ2) is 6.42. The van der Waals surface area contributed by atoms with Crippen molar-refractivity contribution < 1.29 is 4.74 Å². The van der Waals surface area contributed by atoms with Gasteiger partial charge in [-0.25, -0.2) is 0 Å². The highest BCUT2D eigenvalue weighted by Crippen LogP contribution is 2.49. The van der Waals surface area contributed by atoms with E-state index >= 15 is 0 Å². The molecule has 0 unspecified atom stereocenters. The van der Waals surface area contributed by atoms with Crippen LogP contribution >= 0.6 is 11.6 Å². The molecule has 0 saturated carbocycles. The minimum atomic E-state index is 0.189. The van der Waals surface area contributed by atoms with Gasteiger partial charge in [0, 0.05) is 28.8 Å². The van der Waals surface area contributed by atoms with Crippen molar-refractivity contribution in [3.8, 4) is 0 Å². The molecule has 3 atom stereocenters. The van der Waals surface area contributed by atoms with Crippen molar-refractivity contribution in [3.63, 3.8) is 0 Å². The zero-order valence-corrected chi connectivity index (χ0v) is 15.0. The summed E-state index contributed by atoms with van der Waals surface area (Å²) in [4.78, 5) is 0. The van der Waals surface area contributed by atoms with E-state index in [2.05, 4.69) is 49.5 Å². The number of halogens is 1. The Balaban J connectivity index is 1.75. The number of nitrogens with one attached hydrogen (secondary N) is 1. The van der Waals surface area contributed by atoms with Crippen LogP contribution in [0.4, 0.5) is 5.69 Å². The van der Waals surface area contributed by atoms with Crippen LogP contribution in [-0.4, -0.2) is 6.61 Å². The summed E-state index contributed by atoms with van der Waals surface area (Å²) >= 11 is 6.07. The monoisotopic (exact) mass is 341 g/mol. The van der Waals surface area contributed by atoms with Crippen LogP contribution in [0.3, 0.4) is 0 Å². The van der Waals surface area contributed by atoms with Crippen LogP contribution in [0.15, 0.2) is 42.5 Å². The molecule has 126 valence electrons. The minimum absolute atomic E-state index is 0.189. The average molecular weight is 342 g/mol. The van der Waals surface area contributed by atoms with Crippen LogP contribution in [0, 0.1) is 5.92 Å². The fourth-order valence-electron chi connectivity index (χ4n) is 4.05. The lowest BCUT2D eigenvalue weighted by atomic mass is 9.77. The zero-order valence-electron chi connectivity index (χ0n) is 14.3. The van der Waals surface area contributed by atoms with Gasteiger partial charge in [0.1, 0.15) is 0 Å². The summed E-state index contributed by atoms with van der Waals surface area (Å²) in [5.41, 5.74) is 5.21. The van der Waals surface area contributed by atoms with Crippen molar-refractivity contribution >= 4 is 17.3 Å². The lowest BCUT2D eigenvalue weighted by Gasteiger charge is -2.43. The van der Waals surface area contributed by atoms with E-state index in [1.807, 2.05) is 12.1 Å². The van der Waals surface area contributed by atoms with Crippen molar-refractivity contribution in [2.45, 2.75) is 44.8 Å². The van der Waals surface area contributed by atoms with Gasteiger partial charge in [-0.15, -0.1) is 0 Å². The summed E-state index contributed by atoms with van der Waals surface area (Å²) in [5.74, 6) is 1.00. The average Bonchev–Trinajstić information content (AvgIpc) is 2.61. The Bertz CT molecular complexity index is 725. The minimum Gasteiger partial charge on any atom is -0.378 e. The fourth-order valence-corrected chi connectivity index (χ4v) is 4.17. The van der Waals surface area contributed by atoms with Gasteiger partial charge in [0.25, 0.3) is 0 Å². The number of hydrogen-bond donors (Lipinski definition) is 1. The molecule has 0 bridgehead atoms. The molecule has 0 aliphatic carbocycles. The van der Waals surface area contributed by atoms with Gasteiger partial charge in [-0.3, -0.25) is 0 Å². The molecule has 2 heterocycles. The Labute approximate surface area is 149 Å². The fraction of sp³-hybridized carbons (Fsp3) is 0.429. The second-order valence-electron chi connectivity index (χ2n) is 7.27. The second-order valence-corrected chi connectivity index (χ2v) is 7.71. The summed E-state index contributed by atoms with van der Waals surface area (Å²) in [6, 6.07) is 15.3. The molecule has 1 saturated heterocycles. The Morgan fingerprint density at radius 1 is 1.12 bits per heavy atom. The van der Waals surface area contributed by atoms with E-state index in [1.54, 1.807) is 0 Å². The molecule has 0 amide bonds. The lowest BCUT2D eigenvalue weighted by molar-refractivity contribution is -0.0381. The Hall–Kier alpha value is -1.51. The molecule has 1 fully saturated rings. The molecule has 24 heavy (non-hydrogen) atoms. The van der Waals surface area contributed by atoms with Crippen molar-refractivity contribution in [3.05, 3.63) is 64.2 Å². The van der Waals surface area contributed by atoms with Crippen LogP contribution in [0.2, 0.25) is 5.02 Å². The predicted octanol–water partition coefficient (Wildman–Crippen LogP) is 6.10. The molecule has 0 spiro atoms. The summed E-state index contributed by atoms with van der Waals surface area (Å²) < 4.78 is 6.25. The van der Waals surface area contributed by atoms with E-state index in [4.69, 9.17) is 16.3 Å². The summed E-state index contributed by atoms with van der Waals surface area (Å²) in [6.45, 7) is 5.35. The first kappa shape index (κ1) is 16.0. The quantitative estimate of drug-likeness (QED) is 0.712. The van der Waals surface area contributed by atoms with E-state index in [1.165, 1.54) is 28.8 Å². The lowest BCUT2D eigenvalue weighted by Crippen LogP contribution is -2.36. The first-order chi connectivity index (χ1) is 11.6. The van der Waals surface area contributed by atoms with Gasteiger partial charge in [-0.05, 0) is 48.1 Å². The molecule has 2 nitrogen and oxygen atoms in total. The third-order valence-corrected chi connectivity index (χ3v) is 5.64. The van der Waals surface area contributed by atoms with Gasteiger partial charge < -0.3 is 10.1 Å². The van der Waals surface area contributed by atoms with Crippen LogP contribution < -0.4 is 5.32 Å². The molecule has 3 heteroatoms. The normalized spacial score (nSPS) is 25.8. The Morgan fingerprint density at radius 3 is 2.67 bits per heavy atom. The first-order valence-electron chi connectivity index (χ1n) is 8.91. The van der Waals surface area contributed by atoms with Crippen molar-refractivity contribution in [1.82, 2.24) is 0 Å². The van der Waals surface area contributed by atoms with Crippen molar-refractivity contribution in [2.24, 2.45) is 5.92 Å². The highest BCUT2D eigenvalue weighted by Gasteiger charge is 2.39. The summed E-state index contributed by atoms with van der Waals surface area (Å²) in [5, 5.41) is 4.56. The van der Waals surface area contributed by atoms with Gasteiger partial charge in [0.2, 0.25) is 0 Å². The predicted molar refractivity (Wildman–Crippen MR) is 99.8 cm³/mol. The van der Waals surface area contributed by atoms with E-state index in [-0.39, 0.29) is 12.1 Å². The molecule has 2 aromatic rings. The van der Waals surface area contributed by atoms with Crippen LogP contribution in [0.25, 0.3) is 0 Å². The molecule has 2 aromatic carbocycles. The molecular weight excluding hydrogens is 318 g/mol. The first-order valence-corrected chi connectivity index (χ1v) is 9.29. The highest BCUT2D eigenvalue weighted by atomic mass is 35.5. The summed E-state index contributed by atoms with van der Waals surface area (Å²) in [7, 11) is 0. The van der Waals surface area contributed by atoms with E-state index in [9.17, 15) is 0 Å². The molecule has 2 aliphatic heterocycles. The van der Waals surface area contributed by atoms with Gasteiger partial charge in [0.05, 0.1) is 12.1 Å². The largest absolute Gasteiger partial charge is 0.378 e. The third kappa shape index (κ3) is 2.82.